The lowest BCUT2D eigenvalue weighted by molar-refractivity contribution is -0.139. The number of fused-ring (bicyclic) bond motifs is 1. The lowest BCUT2D eigenvalue weighted by Crippen LogP contribution is -2.38. The lowest BCUT2D eigenvalue weighted by Gasteiger charge is -2.14. The van der Waals surface area contributed by atoms with Gasteiger partial charge in [0.15, 0.2) is 0 Å². The van der Waals surface area contributed by atoms with Gasteiger partial charge in [0, 0.05) is 18.7 Å². The lowest BCUT2D eigenvalue weighted by atomic mass is 10.0. The zero-order chi connectivity index (χ0) is 21.2. The van der Waals surface area contributed by atoms with Crippen molar-refractivity contribution >= 4 is 28.8 Å². The zero-order valence-electron chi connectivity index (χ0n) is 17.4. The van der Waals surface area contributed by atoms with E-state index in [0.717, 1.165) is 16.3 Å². The van der Waals surface area contributed by atoms with E-state index in [9.17, 15) is 9.59 Å². The van der Waals surface area contributed by atoms with Crippen LogP contribution in [0.2, 0.25) is 0 Å². The third-order valence-electron chi connectivity index (χ3n) is 3.92. The Labute approximate surface area is 171 Å². The normalized spacial score (nSPS) is 11.4. The van der Waals surface area contributed by atoms with Gasteiger partial charge in [0.1, 0.15) is 5.75 Å². The van der Waals surface area contributed by atoms with Crippen LogP contribution in [0.4, 0.5) is 0 Å². The molecule has 2 amide bonds. The van der Waals surface area contributed by atoms with Crippen molar-refractivity contribution in [2.45, 2.75) is 46.3 Å². The van der Waals surface area contributed by atoms with Crippen LogP contribution in [0, 0.1) is 0 Å². The van der Waals surface area contributed by atoms with Crippen LogP contribution < -0.4 is 15.5 Å². The number of nitrogens with one attached hydrogen (secondary N) is 2. The number of carbonyl (C=O) groups excluding carboxylic acids is 2. The number of nitrogens with zero attached hydrogens (tertiary/aromatic N) is 1. The first kappa shape index (κ1) is 22.4. The summed E-state index contributed by atoms with van der Waals surface area (Å²) in [5, 5.41) is 8.47. The molecule has 0 atom stereocenters. The second-order valence-corrected chi connectivity index (χ2v) is 7.09. The van der Waals surface area contributed by atoms with E-state index in [2.05, 4.69) is 15.8 Å². The van der Waals surface area contributed by atoms with Crippen LogP contribution in [0.25, 0.3) is 10.8 Å². The number of ether oxygens (including phenoxy) is 2. The molecule has 0 bridgehead atoms. The van der Waals surface area contributed by atoms with Gasteiger partial charge in [0.2, 0.25) is 0 Å². The molecule has 29 heavy (non-hydrogen) atoms. The van der Waals surface area contributed by atoms with Crippen LogP contribution in [0.3, 0.4) is 0 Å². The molecule has 0 heterocycles. The second kappa shape index (κ2) is 11.2. The molecule has 0 spiro atoms. The summed E-state index contributed by atoms with van der Waals surface area (Å²) in [7, 11) is 0. The van der Waals surface area contributed by atoms with Crippen LogP contribution in [0.15, 0.2) is 41.5 Å². The molecular weight excluding hydrogens is 370 g/mol. The minimum atomic E-state index is -0.822. The molecule has 2 aromatic rings. The van der Waals surface area contributed by atoms with Crippen molar-refractivity contribution in [1.29, 1.82) is 0 Å². The van der Waals surface area contributed by atoms with Gasteiger partial charge in [-0.25, -0.2) is 5.43 Å². The molecule has 0 aliphatic rings. The number of rotatable bonds is 9. The van der Waals surface area contributed by atoms with Crippen molar-refractivity contribution in [3.05, 3.63) is 42.0 Å². The maximum absolute atomic E-state index is 11.9. The summed E-state index contributed by atoms with van der Waals surface area (Å²) in [5.41, 5.74) is 3.01. The molecule has 0 aromatic heterocycles. The van der Waals surface area contributed by atoms with E-state index < -0.39 is 11.8 Å². The topological polar surface area (TPSA) is 89.0 Å². The summed E-state index contributed by atoms with van der Waals surface area (Å²) in [6.07, 6.45) is 2.26. The molecule has 0 fully saturated rings. The zero-order valence-corrected chi connectivity index (χ0v) is 17.4. The van der Waals surface area contributed by atoms with Crippen molar-refractivity contribution in [2.75, 3.05) is 13.2 Å². The Hall–Kier alpha value is -2.93. The molecule has 2 N–H and O–H groups in total. The van der Waals surface area contributed by atoms with Crippen LogP contribution in [0.5, 0.6) is 5.75 Å². The molecule has 0 aliphatic carbocycles. The van der Waals surface area contributed by atoms with E-state index in [1.165, 1.54) is 6.21 Å². The Morgan fingerprint density at radius 1 is 1.03 bits per heavy atom. The molecule has 0 saturated carbocycles. The number of hydrogen-bond acceptors (Lipinski definition) is 5. The first-order valence-electron chi connectivity index (χ1n) is 9.79. The van der Waals surface area contributed by atoms with E-state index in [0.29, 0.717) is 25.3 Å². The molecule has 7 heteroatoms. The van der Waals surface area contributed by atoms with Crippen molar-refractivity contribution in [3.63, 3.8) is 0 Å². The van der Waals surface area contributed by atoms with E-state index >= 15 is 0 Å². The maximum atomic E-state index is 11.9. The van der Waals surface area contributed by atoms with Gasteiger partial charge in [-0.05, 0) is 51.0 Å². The van der Waals surface area contributed by atoms with Gasteiger partial charge in [-0.15, -0.1) is 0 Å². The number of hydrogen-bond donors (Lipinski definition) is 2. The number of benzene rings is 2. The van der Waals surface area contributed by atoms with Gasteiger partial charge in [-0.1, -0.05) is 30.3 Å². The molecular formula is C22H29N3O4. The smallest absolute Gasteiger partial charge is 0.329 e. The van der Waals surface area contributed by atoms with Crippen LogP contribution in [-0.2, 0) is 14.3 Å². The van der Waals surface area contributed by atoms with Gasteiger partial charge >= 0.3 is 11.8 Å². The summed E-state index contributed by atoms with van der Waals surface area (Å²) in [6, 6.07) is 11.7. The van der Waals surface area contributed by atoms with Crippen molar-refractivity contribution in [1.82, 2.24) is 10.7 Å². The van der Waals surface area contributed by atoms with Gasteiger partial charge in [-0.3, -0.25) is 9.59 Å². The molecule has 2 rings (SSSR count). The third-order valence-corrected chi connectivity index (χ3v) is 3.92. The average Bonchev–Trinajstić information content (AvgIpc) is 2.68. The average molecular weight is 399 g/mol. The van der Waals surface area contributed by atoms with E-state index in [1.54, 1.807) is 0 Å². The quantitative estimate of drug-likeness (QED) is 0.294. The molecule has 0 radical (unpaired) electrons. The summed E-state index contributed by atoms with van der Waals surface area (Å²) >= 11 is 0. The minimum Gasteiger partial charge on any atom is -0.490 e. The highest BCUT2D eigenvalue weighted by Gasteiger charge is 2.12. The van der Waals surface area contributed by atoms with Crippen molar-refractivity contribution in [2.24, 2.45) is 5.10 Å². The Morgan fingerprint density at radius 2 is 1.79 bits per heavy atom. The highest BCUT2D eigenvalue weighted by molar-refractivity contribution is 6.35. The molecule has 0 aliphatic heterocycles. The molecule has 7 nitrogen and oxygen atoms in total. The van der Waals surface area contributed by atoms with Crippen LogP contribution in [-0.4, -0.2) is 43.4 Å². The summed E-state index contributed by atoms with van der Waals surface area (Å²) in [5.74, 6) is -0.896. The maximum Gasteiger partial charge on any atom is 0.329 e. The highest BCUT2D eigenvalue weighted by Crippen LogP contribution is 2.27. The number of carbonyl (C=O) groups is 2. The van der Waals surface area contributed by atoms with E-state index in [4.69, 9.17) is 9.47 Å². The molecule has 0 saturated heterocycles. The summed E-state index contributed by atoms with van der Waals surface area (Å²) in [6.45, 7) is 8.65. The molecule has 2 aromatic carbocycles. The third kappa shape index (κ3) is 7.19. The fraction of sp³-hybridized carbons (Fsp3) is 0.409. The van der Waals surface area contributed by atoms with Crippen molar-refractivity contribution in [3.8, 4) is 5.75 Å². The van der Waals surface area contributed by atoms with Gasteiger partial charge in [-0.2, -0.15) is 5.10 Å². The number of hydrazone groups is 1. The monoisotopic (exact) mass is 399 g/mol. The van der Waals surface area contributed by atoms with Gasteiger partial charge < -0.3 is 14.8 Å². The van der Waals surface area contributed by atoms with Gasteiger partial charge in [0.25, 0.3) is 0 Å². The summed E-state index contributed by atoms with van der Waals surface area (Å²) < 4.78 is 11.2. The Balaban J connectivity index is 1.99. The van der Waals surface area contributed by atoms with Crippen molar-refractivity contribution < 1.29 is 19.1 Å². The number of amides is 2. The highest BCUT2D eigenvalue weighted by atomic mass is 16.5. The Morgan fingerprint density at radius 3 is 2.52 bits per heavy atom. The Kier molecular flexibility index (Phi) is 8.61. The van der Waals surface area contributed by atoms with Gasteiger partial charge in [0.05, 0.1) is 18.4 Å². The SMILES string of the molecule is CC(C)OCCCNC(=O)C(=O)N/N=C\c1c(OC(C)C)ccc2ccccc12. The standard InChI is InChI=1S/C22H29N3O4/c1-15(2)28-13-7-12-23-21(26)22(27)25-24-14-19-18-9-6-5-8-17(18)10-11-20(19)29-16(3)4/h5-6,8-11,14-16H,7,12-13H2,1-4H3,(H,23,26)(H,25,27)/b24-14-. The molecule has 0 unspecified atom stereocenters. The largest absolute Gasteiger partial charge is 0.490 e. The van der Waals surface area contributed by atoms with Crippen LogP contribution in [0.1, 0.15) is 39.7 Å². The predicted molar refractivity (Wildman–Crippen MR) is 114 cm³/mol. The summed E-state index contributed by atoms with van der Waals surface area (Å²) in [4.78, 5) is 23.8. The fourth-order valence-electron chi connectivity index (χ4n) is 2.65. The van der Waals surface area contributed by atoms with E-state index in [-0.39, 0.29) is 12.2 Å². The first-order valence-corrected chi connectivity index (χ1v) is 9.79. The fourth-order valence-corrected chi connectivity index (χ4v) is 2.65. The minimum absolute atomic E-state index is 0.0108. The predicted octanol–water partition coefficient (Wildman–Crippen LogP) is 3.01. The van der Waals surface area contributed by atoms with E-state index in [1.807, 2.05) is 64.1 Å². The molecule has 156 valence electrons. The Bertz CT molecular complexity index is 862. The first-order chi connectivity index (χ1) is 13.9. The second-order valence-electron chi connectivity index (χ2n) is 7.09. The van der Waals surface area contributed by atoms with Crippen LogP contribution >= 0.6 is 0 Å².